The fraction of sp³-hybridized carbons (Fsp3) is 0.333. The summed E-state index contributed by atoms with van der Waals surface area (Å²) in [5, 5.41) is 11.2. The van der Waals surface area contributed by atoms with E-state index in [1.165, 1.54) is 0 Å². The summed E-state index contributed by atoms with van der Waals surface area (Å²) < 4.78 is 1.88. The van der Waals surface area contributed by atoms with Gasteiger partial charge in [-0.2, -0.15) is 5.10 Å². The molecule has 22 heavy (non-hydrogen) atoms. The molecule has 0 aliphatic carbocycles. The minimum atomic E-state index is -0.208. The third-order valence-corrected chi connectivity index (χ3v) is 3.84. The van der Waals surface area contributed by atoms with E-state index in [1.54, 1.807) is 30.3 Å². The summed E-state index contributed by atoms with van der Waals surface area (Å²) >= 11 is 5.82. The number of nitrogens with one attached hydrogen (secondary N) is 2. The van der Waals surface area contributed by atoms with Gasteiger partial charge in [0.2, 0.25) is 0 Å². The molecule has 1 aromatic heterocycles. The molecular formula is C15H18Cl2N4O. The molecule has 1 saturated heterocycles. The Morgan fingerprint density at radius 3 is 2.77 bits per heavy atom. The summed E-state index contributed by atoms with van der Waals surface area (Å²) in [7, 11) is 0. The summed E-state index contributed by atoms with van der Waals surface area (Å²) in [6, 6.07) is 9.09. The van der Waals surface area contributed by atoms with Crippen molar-refractivity contribution in [3.05, 3.63) is 47.2 Å². The average molecular weight is 341 g/mol. The van der Waals surface area contributed by atoms with Gasteiger partial charge in [0.05, 0.1) is 6.04 Å². The molecule has 1 atom stereocenters. The minimum absolute atomic E-state index is 0. The maximum absolute atomic E-state index is 12.2. The summed E-state index contributed by atoms with van der Waals surface area (Å²) in [6.45, 7) is 1.96. The second kappa shape index (κ2) is 7.63. The summed E-state index contributed by atoms with van der Waals surface area (Å²) in [6.07, 6.45) is 4.10. The molecule has 2 heterocycles. The Hall–Kier alpha value is -1.56. The van der Waals surface area contributed by atoms with Crippen molar-refractivity contribution in [3.63, 3.8) is 0 Å². The molecule has 1 unspecified atom stereocenters. The lowest BCUT2D eigenvalue weighted by Crippen LogP contribution is -2.32. The van der Waals surface area contributed by atoms with Gasteiger partial charge in [0, 0.05) is 23.5 Å². The van der Waals surface area contributed by atoms with Crippen LogP contribution in [0.3, 0.4) is 0 Å². The number of hydrogen-bond acceptors (Lipinski definition) is 3. The molecule has 7 heteroatoms. The summed E-state index contributed by atoms with van der Waals surface area (Å²) in [5.41, 5.74) is 1.13. The number of carbonyl (C=O) groups is 1. The van der Waals surface area contributed by atoms with Crippen LogP contribution in [0.4, 0.5) is 5.69 Å². The van der Waals surface area contributed by atoms with Gasteiger partial charge in [0.15, 0.2) is 5.69 Å². The zero-order chi connectivity index (χ0) is 14.7. The predicted octanol–water partition coefficient (Wildman–Crippen LogP) is 3.14. The smallest absolute Gasteiger partial charge is 0.276 e. The van der Waals surface area contributed by atoms with Crippen molar-refractivity contribution in [1.29, 1.82) is 0 Å². The number of hydrogen-bond donors (Lipinski definition) is 2. The predicted molar refractivity (Wildman–Crippen MR) is 90.0 cm³/mol. The highest BCUT2D eigenvalue weighted by Crippen LogP contribution is 2.17. The van der Waals surface area contributed by atoms with E-state index in [1.807, 2.05) is 10.9 Å². The van der Waals surface area contributed by atoms with Crippen molar-refractivity contribution < 1.29 is 4.79 Å². The fourth-order valence-electron chi connectivity index (χ4n) is 2.45. The molecule has 1 aliphatic rings. The second-order valence-electron chi connectivity index (χ2n) is 5.14. The Morgan fingerprint density at radius 1 is 1.32 bits per heavy atom. The first kappa shape index (κ1) is 16.8. The van der Waals surface area contributed by atoms with Crippen molar-refractivity contribution in [1.82, 2.24) is 15.1 Å². The van der Waals surface area contributed by atoms with Gasteiger partial charge in [-0.25, -0.2) is 0 Å². The highest BCUT2D eigenvalue weighted by Gasteiger charge is 2.17. The molecule has 1 fully saturated rings. The molecule has 0 radical (unpaired) electrons. The zero-order valence-electron chi connectivity index (χ0n) is 12.0. The van der Waals surface area contributed by atoms with Crippen LogP contribution in [0, 0.1) is 0 Å². The average Bonchev–Trinajstić information content (AvgIpc) is 3.00. The Morgan fingerprint density at radius 2 is 2.09 bits per heavy atom. The van der Waals surface area contributed by atoms with Crippen LogP contribution in [0.1, 0.15) is 29.4 Å². The monoisotopic (exact) mass is 340 g/mol. The van der Waals surface area contributed by atoms with Crippen molar-refractivity contribution in [2.45, 2.75) is 18.9 Å². The number of halogens is 2. The molecule has 3 rings (SSSR count). The number of amides is 1. The van der Waals surface area contributed by atoms with E-state index < -0.39 is 0 Å². The lowest BCUT2D eigenvalue weighted by Gasteiger charge is -2.22. The third kappa shape index (κ3) is 4.00. The number of rotatable bonds is 3. The van der Waals surface area contributed by atoms with E-state index in [4.69, 9.17) is 11.6 Å². The van der Waals surface area contributed by atoms with E-state index in [9.17, 15) is 4.79 Å². The van der Waals surface area contributed by atoms with Crippen LogP contribution in [0.5, 0.6) is 0 Å². The highest BCUT2D eigenvalue weighted by molar-refractivity contribution is 6.30. The first-order valence-electron chi connectivity index (χ1n) is 7.05. The van der Waals surface area contributed by atoms with Gasteiger partial charge < -0.3 is 10.6 Å². The topological polar surface area (TPSA) is 59.0 Å². The quantitative estimate of drug-likeness (QED) is 0.902. The van der Waals surface area contributed by atoms with Crippen LogP contribution < -0.4 is 10.6 Å². The van der Waals surface area contributed by atoms with Crippen LogP contribution in [-0.4, -0.2) is 28.8 Å². The Kier molecular flexibility index (Phi) is 5.83. The maximum atomic E-state index is 12.2. The van der Waals surface area contributed by atoms with Gasteiger partial charge in [-0.15, -0.1) is 12.4 Å². The number of carbonyl (C=O) groups excluding carboxylic acids is 1. The lowest BCUT2D eigenvalue weighted by atomic mass is 10.1. The first-order chi connectivity index (χ1) is 10.2. The van der Waals surface area contributed by atoms with E-state index >= 15 is 0 Å². The van der Waals surface area contributed by atoms with Crippen molar-refractivity contribution in [2.75, 3.05) is 18.4 Å². The lowest BCUT2D eigenvalue weighted by molar-refractivity contribution is 0.102. The molecule has 0 saturated carbocycles. The van der Waals surface area contributed by atoms with Crippen LogP contribution in [-0.2, 0) is 0 Å². The van der Waals surface area contributed by atoms with Crippen molar-refractivity contribution >= 4 is 35.6 Å². The van der Waals surface area contributed by atoms with Gasteiger partial charge in [-0.05, 0) is 49.7 Å². The molecular weight excluding hydrogens is 323 g/mol. The Bertz CT molecular complexity index is 621. The molecule has 1 aromatic carbocycles. The van der Waals surface area contributed by atoms with E-state index in [-0.39, 0.29) is 18.3 Å². The third-order valence-electron chi connectivity index (χ3n) is 3.59. The van der Waals surface area contributed by atoms with Gasteiger partial charge in [0.1, 0.15) is 0 Å². The minimum Gasteiger partial charge on any atom is -0.321 e. The summed E-state index contributed by atoms with van der Waals surface area (Å²) in [5.74, 6) is -0.208. The molecule has 5 nitrogen and oxygen atoms in total. The molecule has 1 amide bonds. The van der Waals surface area contributed by atoms with Gasteiger partial charge in [-0.3, -0.25) is 9.48 Å². The Labute approximate surface area is 140 Å². The van der Waals surface area contributed by atoms with E-state index in [2.05, 4.69) is 15.7 Å². The number of anilines is 1. The van der Waals surface area contributed by atoms with Crippen molar-refractivity contribution in [3.8, 4) is 0 Å². The fourth-order valence-corrected chi connectivity index (χ4v) is 2.58. The van der Waals surface area contributed by atoms with Gasteiger partial charge >= 0.3 is 0 Å². The number of aromatic nitrogens is 2. The molecule has 0 bridgehead atoms. The second-order valence-corrected chi connectivity index (χ2v) is 5.58. The van der Waals surface area contributed by atoms with Crippen LogP contribution >= 0.6 is 24.0 Å². The van der Waals surface area contributed by atoms with E-state index in [0.717, 1.165) is 25.9 Å². The van der Waals surface area contributed by atoms with Crippen LogP contribution in [0.2, 0.25) is 5.02 Å². The zero-order valence-corrected chi connectivity index (χ0v) is 13.5. The molecule has 1 aliphatic heterocycles. The van der Waals surface area contributed by atoms with Crippen molar-refractivity contribution in [2.24, 2.45) is 0 Å². The molecule has 0 spiro atoms. The Balaban J connectivity index is 0.00000176. The molecule has 2 N–H and O–H groups in total. The maximum Gasteiger partial charge on any atom is 0.276 e. The standard InChI is InChI=1S/C15H17ClN4O.ClH/c16-11-3-5-12(6-4-11)18-15(21)14-7-9-20(19-14)13-2-1-8-17-10-13;/h3-7,9,13,17H,1-2,8,10H2,(H,18,21);1H. The highest BCUT2D eigenvalue weighted by atomic mass is 35.5. The number of benzene rings is 1. The van der Waals surface area contributed by atoms with E-state index in [0.29, 0.717) is 22.4 Å². The first-order valence-corrected chi connectivity index (χ1v) is 7.43. The molecule has 2 aromatic rings. The number of nitrogens with zero attached hydrogens (tertiary/aromatic N) is 2. The normalized spacial score (nSPS) is 17.6. The molecule has 118 valence electrons. The van der Waals surface area contributed by atoms with Gasteiger partial charge in [-0.1, -0.05) is 11.6 Å². The SMILES string of the molecule is Cl.O=C(Nc1ccc(Cl)cc1)c1ccn(C2CCCNC2)n1. The largest absolute Gasteiger partial charge is 0.321 e. The van der Waals surface area contributed by atoms with Crippen LogP contribution in [0.25, 0.3) is 0 Å². The number of piperidine rings is 1. The van der Waals surface area contributed by atoms with Crippen LogP contribution in [0.15, 0.2) is 36.5 Å². The summed E-state index contributed by atoms with van der Waals surface area (Å²) in [4.78, 5) is 12.2. The van der Waals surface area contributed by atoms with Gasteiger partial charge in [0.25, 0.3) is 5.91 Å².